The smallest absolute Gasteiger partial charge is 0.279 e. The predicted molar refractivity (Wildman–Crippen MR) is 85.0 cm³/mol. The first-order valence-corrected chi connectivity index (χ1v) is 6.76. The minimum absolute atomic E-state index is 0.118. The molecule has 20 heavy (non-hydrogen) atoms. The van der Waals surface area contributed by atoms with Crippen LogP contribution in [0.15, 0.2) is 0 Å². The van der Waals surface area contributed by atoms with E-state index in [0.29, 0.717) is 26.2 Å². The number of nitrogens with zero attached hydrogens (tertiary/aromatic N) is 3. The van der Waals surface area contributed by atoms with E-state index in [1.165, 1.54) is 0 Å². The van der Waals surface area contributed by atoms with Crippen molar-refractivity contribution in [3.8, 4) is 19.7 Å². The largest absolute Gasteiger partial charge is 0.329 e. The van der Waals surface area contributed by atoms with Crippen molar-refractivity contribution in [2.45, 2.75) is 12.1 Å². The Hall–Kier alpha value is -1.69. The monoisotopic (exact) mass is 280 g/mol. The molecule has 5 N–H and O–H groups in total. The summed E-state index contributed by atoms with van der Waals surface area (Å²) in [4.78, 5) is 10.8. The third-order valence-corrected chi connectivity index (χ3v) is 2.70. The molecule has 110 valence electrons. The van der Waals surface area contributed by atoms with E-state index in [4.69, 9.17) is 25.5 Å². The second-order valence-corrected chi connectivity index (χ2v) is 4.38. The summed E-state index contributed by atoms with van der Waals surface area (Å²) in [7, 11) is 0. The highest BCUT2D eigenvalue weighted by Crippen LogP contribution is 1.89. The number of rotatable bonds is 12. The Morgan fingerprint density at radius 3 is 1.85 bits per heavy atom. The minimum atomic E-state index is 0.118. The lowest BCUT2D eigenvalue weighted by Gasteiger charge is -2.21. The fraction of sp³-hybridized carbons (Fsp3) is 0.769. The highest BCUT2D eigenvalue weighted by atomic mass is 15.1. The van der Waals surface area contributed by atoms with Crippen molar-refractivity contribution in [1.29, 1.82) is 0 Å². The number of nitrogens with one attached hydrogen (secondary N) is 3. The van der Waals surface area contributed by atoms with Gasteiger partial charge in [0.05, 0.1) is 19.1 Å². The van der Waals surface area contributed by atoms with Crippen LogP contribution in [0.25, 0.3) is 14.5 Å². The van der Waals surface area contributed by atoms with Crippen molar-refractivity contribution in [3.63, 3.8) is 0 Å². The van der Waals surface area contributed by atoms with E-state index < -0.39 is 0 Å². The zero-order valence-corrected chi connectivity index (χ0v) is 12.0. The standard InChI is InChI=1S/C13H26N7/c1-15-4-6-18-10-12(8-14)20-13(9-17-3)11-19-7-5-16-2/h1-3,12-13,18-20H,4-11,14H2/q+3. The van der Waals surface area contributed by atoms with E-state index in [-0.39, 0.29) is 12.1 Å². The SMILES string of the molecule is C#[N+]CCNCC(CN)NC(C[N+]#C)CNCC[N+]#C. The van der Waals surface area contributed by atoms with Gasteiger partial charge in [0.25, 0.3) is 39.4 Å². The molecule has 2 unspecified atom stereocenters. The Morgan fingerprint density at radius 2 is 1.40 bits per heavy atom. The molecular formula is C13H26N7+3. The lowest BCUT2D eigenvalue weighted by molar-refractivity contribution is 0.412. The molecular weight excluding hydrogens is 254 g/mol. The molecule has 0 heterocycles. The van der Waals surface area contributed by atoms with Gasteiger partial charge in [-0.2, -0.15) is 0 Å². The molecule has 0 spiro atoms. The molecule has 0 saturated heterocycles. The average Bonchev–Trinajstić information content (AvgIpc) is 2.46. The summed E-state index contributed by atoms with van der Waals surface area (Å²) in [5, 5.41) is 9.87. The second-order valence-electron chi connectivity index (χ2n) is 4.38. The molecule has 0 aromatic rings. The Balaban J connectivity index is 4.01. The van der Waals surface area contributed by atoms with Crippen molar-refractivity contribution < 1.29 is 0 Å². The number of hydrogen-bond donors (Lipinski definition) is 4. The summed E-state index contributed by atoms with van der Waals surface area (Å²) in [6.07, 6.45) is 0. The highest BCUT2D eigenvalue weighted by Gasteiger charge is 2.17. The maximum Gasteiger partial charge on any atom is 0.279 e. The topological polar surface area (TPSA) is 75.2 Å². The minimum Gasteiger partial charge on any atom is -0.329 e. The van der Waals surface area contributed by atoms with Crippen LogP contribution in [0.3, 0.4) is 0 Å². The molecule has 0 aliphatic rings. The summed E-state index contributed by atoms with van der Waals surface area (Å²) < 4.78 is 0. The molecule has 0 aromatic carbocycles. The second kappa shape index (κ2) is 13.7. The van der Waals surface area contributed by atoms with Crippen molar-refractivity contribution in [2.75, 3.05) is 52.4 Å². The Kier molecular flexibility index (Phi) is 12.6. The maximum absolute atomic E-state index is 5.74. The number of hydrogen-bond acceptors (Lipinski definition) is 4. The van der Waals surface area contributed by atoms with Gasteiger partial charge in [0.15, 0.2) is 0 Å². The zero-order chi connectivity index (χ0) is 15.1. The summed E-state index contributed by atoms with van der Waals surface area (Å²) >= 11 is 0. The molecule has 0 saturated carbocycles. The van der Waals surface area contributed by atoms with E-state index in [9.17, 15) is 0 Å². The lowest BCUT2D eigenvalue weighted by Crippen LogP contribution is -2.52. The fourth-order valence-electron chi connectivity index (χ4n) is 1.69. The first kappa shape index (κ1) is 18.3. The van der Waals surface area contributed by atoms with Gasteiger partial charge in [-0.3, -0.25) is 0 Å². The van der Waals surface area contributed by atoms with Crippen molar-refractivity contribution in [2.24, 2.45) is 5.73 Å². The van der Waals surface area contributed by atoms with Gasteiger partial charge in [0.2, 0.25) is 0 Å². The number of nitrogens with two attached hydrogens (primary N) is 1. The molecule has 0 aromatic heterocycles. The molecule has 0 fully saturated rings. The predicted octanol–water partition coefficient (Wildman–Crippen LogP) is -0.661. The molecule has 0 rings (SSSR count). The molecule has 7 heteroatoms. The molecule has 0 bridgehead atoms. The Morgan fingerprint density at radius 1 is 0.850 bits per heavy atom. The van der Waals surface area contributed by atoms with E-state index in [2.05, 4.69) is 30.5 Å². The quantitative estimate of drug-likeness (QED) is 0.358. The zero-order valence-electron chi connectivity index (χ0n) is 12.0. The normalized spacial score (nSPS) is 12.9. The third-order valence-electron chi connectivity index (χ3n) is 2.70. The van der Waals surface area contributed by atoms with Gasteiger partial charge in [0, 0.05) is 25.7 Å². The van der Waals surface area contributed by atoms with Crippen molar-refractivity contribution in [1.82, 2.24) is 16.0 Å². The van der Waals surface area contributed by atoms with Crippen LogP contribution in [0.4, 0.5) is 0 Å². The first-order chi connectivity index (χ1) is 9.78. The first-order valence-electron chi connectivity index (χ1n) is 6.76. The molecule has 2 atom stereocenters. The third kappa shape index (κ3) is 10.3. The van der Waals surface area contributed by atoms with Crippen LogP contribution in [-0.2, 0) is 0 Å². The highest BCUT2D eigenvalue weighted by molar-refractivity contribution is 4.86. The van der Waals surface area contributed by atoms with Gasteiger partial charge < -0.3 is 21.7 Å². The van der Waals surface area contributed by atoms with Gasteiger partial charge in [-0.25, -0.2) is 0 Å². The summed E-state index contributed by atoms with van der Waals surface area (Å²) in [5.41, 5.74) is 5.74. The maximum atomic E-state index is 5.74. The van der Waals surface area contributed by atoms with Crippen LogP contribution < -0.4 is 21.7 Å². The summed E-state index contributed by atoms with van der Waals surface area (Å²) in [6.45, 7) is 20.5. The van der Waals surface area contributed by atoms with Crippen LogP contribution in [-0.4, -0.2) is 64.4 Å². The van der Waals surface area contributed by atoms with Gasteiger partial charge in [-0.1, -0.05) is 14.5 Å². The van der Waals surface area contributed by atoms with E-state index >= 15 is 0 Å². The van der Waals surface area contributed by atoms with Gasteiger partial charge in [-0.05, 0) is 0 Å². The molecule has 0 aliphatic heterocycles. The molecule has 0 aliphatic carbocycles. The van der Waals surface area contributed by atoms with Gasteiger partial charge in [-0.15, -0.1) is 0 Å². The van der Waals surface area contributed by atoms with Gasteiger partial charge in [0.1, 0.15) is 0 Å². The Bertz CT molecular complexity index is 349. The van der Waals surface area contributed by atoms with Gasteiger partial charge >= 0.3 is 0 Å². The molecule has 0 radical (unpaired) electrons. The molecule has 0 amide bonds. The van der Waals surface area contributed by atoms with Crippen LogP contribution >= 0.6 is 0 Å². The van der Waals surface area contributed by atoms with E-state index in [1.54, 1.807) is 0 Å². The van der Waals surface area contributed by atoms with Crippen molar-refractivity contribution >= 4 is 0 Å². The van der Waals surface area contributed by atoms with E-state index in [1.807, 2.05) is 0 Å². The fourth-order valence-corrected chi connectivity index (χ4v) is 1.69. The van der Waals surface area contributed by atoms with Crippen LogP contribution in [0.2, 0.25) is 0 Å². The Labute approximate surface area is 121 Å². The van der Waals surface area contributed by atoms with E-state index in [0.717, 1.165) is 26.2 Å². The van der Waals surface area contributed by atoms with Crippen molar-refractivity contribution in [3.05, 3.63) is 14.5 Å². The molecule has 7 nitrogen and oxygen atoms in total. The summed E-state index contributed by atoms with van der Waals surface area (Å²) in [6, 6.07) is 0.257. The van der Waals surface area contributed by atoms with Crippen LogP contribution in [0.5, 0.6) is 0 Å². The summed E-state index contributed by atoms with van der Waals surface area (Å²) in [5.74, 6) is 0. The van der Waals surface area contributed by atoms with Crippen LogP contribution in [0, 0.1) is 19.7 Å². The lowest BCUT2D eigenvalue weighted by atomic mass is 10.2. The van der Waals surface area contributed by atoms with Crippen LogP contribution in [0.1, 0.15) is 0 Å². The average molecular weight is 280 g/mol.